The molecule has 0 aliphatic heterocycles. The van der Waals surface area contributed by atoms with Crippen LogP contribution in [0, 0.1) is 0 Å². The van der Waals surface area contributed by atoms with Gasteiger partial charge in [0.2, 0.25) is 0 Å². The highest BCUT2D eigenvalue weighted by molar-refractivity contribution is 4.68. The van der Waals surface area contributed by atoms with E-state index in [9.17, 15) is 0 Å². The summed E-state index contributed by atoms with van der Waals surface area (Å²) in [6.45, 7) is 4.77. The highest BCUT2D eigenvalue weighted by Gasteiger charge is 1.74. The Morgan fingerprint density at radius 2 is 2.38 bits per heavy atom. The van der Waals surface area contributed by atoms with Crippen LogP contribution < -0.4 is 5.48 Å². The van der Waals surface area contributed by atoms with Crippen LogP contribution in [0.25, 0.3) is 0 Å². The van der Waals surface area contributed by atoms with E-state index in [1.54, 1.807) is 6.20 Å². The minimum absolute atomic E-state index is 0.768. The molecule has 0 aliphatic rings. The Morgan fingerprint density at radius 1 is 1.62 bits per heavy atom. The van der Waals surface area contributed by atoms with E-state index in [1.807, 2.05) is 13.0 Å². The fraction of sp³-hybridized carbons (Fsp3) is 0.667. The van der Waals surface area contributed by atoms with Crippen LogP contribution in [-0.2, 0) is 4.84 Å². The second-order valence-corrected chi connectivity index (χ2v) is 1.47. The zero-order valence-corrected chi connectivity index (χ0v) is 5.48. The van der Waals surface area contributed by atoms with Crippen molar-refractivity contribution in [2.75, 3.05) is 6.61 Å². The molecule has 0 aromatic heterocycles. The number of hydroxylamine groups is 1. The molecule has 0 unspecified atom stereocenters. The van der Waals surface area contributed by atoms with Crippen molar-refractivity contribution in [1.29, 1.82) is 0 Å². The molecule has 1 N–H and O–H groups in total. The van der Waals surface area contributed by atoms with Gasteiger partial charge in [0.15, 0.2) is 0 Å². The molecule has 0 saturated carbocycles. The van der Waals surface area contributed by atoms with E-state index in [4.69, 9.17) is 4.84 Å². The molecule has 0 amide bonds. The minimum atomic E-state index is 0.768. The molecule has 0 saturated heterocycles. The average Bonchev–Trinajstić information content (AvgIpc) is 1.81. The van der Waals surface area contributed by atoms with Crippen LogP contribution in [0.5, 0.6) is 0 Å². The second kappa shape index (κ2) is 6.50. The fourth-order valence-corrected chi connectivity index (χ4v) is 0.277. The first-order valence-corrected chi connectivity index (χ1v) is 2.90. The van der Waals surface area contributed by atoms with Crippen LogP contribution in [0.15, 0.2) is 12.3 Å². The van der Waals surface area contributed by atoms with Crippen molar-refractivity contribution < 1.29 is 4.84 Å². The van der Waals surface area contributed by atoms with E-state index in [1.165, 1.54) is 0 Å². The Hall–Kier alpha value is -0.500. The first-order valence-electron chi connectivity index (χ1n) is 2.90. The van der Waals surface area contributed by atoms with Gasteiger partial charge in [0, 0.05) is 6.20 Å². The van der Waals surface area contributed by atoms with Gasteiger partial charge in [-0.05, 0) is 13.3 Å². The molecule has 2 nitrogen and oxygen atoms in total. The largest absolute Gasteiger partial charge is 0.277 e. The van der Waals surface area contributed by atoms with Crippen LogP contribution in [0.4, 0.5) is 0 Å². The summed E-state index contributed by atoms with van der Waals surface area (Å²) >= 11 is 0. The van der Waals surface area contributed by atoms with Crippen molar-refractivity contribution in [1.82, 2.24) is 5.48 Å². The molecule has 0 atom stereocenters. The first kappa shape index (κ1) is 7.50. The van der Waals surface area contributed by atoms with E-state index in [0.29, 0.717) is 0 Å². The lowest BCUT2D eigenvalue weighted by Gasteiger charge is -1.96. The monoisotopic (exact) mass is 115 g/mol. The van der Waals surface area contributed by atoms with Crippen LogP contribution in [0.3, 0.4) is 0 Å². The summed E-state index contributed by atoms with van der Waals surface area (Å²) in [5.74, 6) is 0. The Kier molecular flexibility index (Phi) is 6.09. The van der Waals surface area contributed by atoms with Crippen molar-refractivity contribution >= 4 is 0 Å². The molecular formula is C6H13NO. The van der Waals surface area contributed by atoms with Crippen molar-refractivity contribution in [3.8, 4) is 0 Å². The molecule has 0 radical (unpaired) electrons. The zero-order chi connectivity index (χ0) is 6.24. The lowest BCUT2D eigenvalue weighted by molar-refractivity contribution is 0.0717. The van der Waals surface area contributed by atoms with Gasteiger partial charge < -0.3 is 0 Å². The van der Waals surface area contributed by atoms with Gasteiger partial charge in [0.05, 0.1) is 6.61 Å². The Bertz CT molecular complexity index is 61.5. The van der Waals surface area contributed by atoms with Gasteiger partial charge in [-0.3, -0.25) is 10.3 Å². The quantitative estimate of drug-likeness (QED) is 0.442. The minimum Gasteiger partial charge on any atom is -0.277 e. The van der Waals surface area contributed by atoms with Crippen molar-refractivity contribution in [2.45, 2.75) is 20.3 Å². The number of allylic oxidation sites excluding steroid dienone is 1. The molecule has 0 bridgehead atoms. The summed E-state index contributed by atoms with van der Waals surface area (Å²) < 4.78 is 0. The SMILES string of the molecule is C/C=C/NOCCC. The Morgan fingerprint density at radius 3 is 2.88 bits per heavy atom. The third kappa shape index (κ3) is 5.50. The molecule has 2 heteroatoms. The summed E-state index contributed by atoms with van der Waals surface area (Å²) in [4.78, 5) is 4.89. The van der Waals surface area contributed by atoms with Gasteiger partial charge in [0.1, 0.15) is 0 Å². The maximum atomic E-state index is 4.89. The number of hydrogen-bond acceptors (Lipinski definition) is 2. The summed E-state index contributed by atoms with van der Waals surface area (Å²) in [5, 5.41) is 0. The van der Waals surface area contributed by atoms with E-state index in [0.717, 1.165) is 13.0 Å². The third-order valence-corrected chi connectivity index (χ3v) is 0.624. The fourth-order valence-electron chi connectivity index (χ4n) is 0.277. The molecule has 0 aromatic carbocycles. The van der Waals surface area contributed by atoms with E-state index in [-0.39, 0.29) is 0 Å². The van der Waals surface area contributed by atoms with Crippen LogP contribution in [0.1, 0.15) is 20.3 Å². The molecule has 0 heterocycles. The van der Waals surface area contributed by atoms with E-state index >= 15 is 0 Å². The van der Waals surface area contributed by atoms with E-state index < -0.39 is 0 Å². The van der Waals surface area contributed by atoms with Crippen LogP contribution in [0.2, 0.25) is 0 Å². The molecule has 48 valence electrons. The van der Waals surface area contributed by atoms with Crippen molar-refractivity contribution in [3.05, 3.63) is 12.3 Å². The summed E-state index contributed by atoms with van der Waals surface area (Å²) in [7, 11) is 0. The van der Waals surface area contributed by atoms with Gasteiger partial charge in [-0.25, -0.2) is 0 Å². The van der Waals surface area contributed by atoms with Crippen LogP contribution >= 0.6 is 0 Å². The second-order valence-electron chi connectivity index (χ2n) is 1.47. The maximum Gasteiger partial charge on any atom is 0.0743 e. The molecule has 0 spiro atoms. The summed E-state index contributed by atoms with van der Waals surface area (Å²) in [6.07, 6.45) is 4.69. The van der Waals surface area contributed by atoms with Crippen molar-refractivity contribution in [2.24, 2.45) is 0 Å². The summed E-state index contributed by atoms with van der Waals surface area (Å²) in [6, 6.07) is 0. The predicted molar refractivity (Wildman–Crippen MR) is 34.2 cm³/mol. The molecular weight excluding hydrogens is 102 g/mol. The van der Waals surface area contributed by atoms with Gasteiger partial charge in [-0.15, -0.1) is 0 Å². The Labute approximate surface area is 50.5 Å². The average molecular weight is 115 g/mol. The number of nitrogens with one attached hydrogen (secondary N) is 1. The van der Waals surface area contributed by atoms with Crippen LogP contribution in [-0.4, -0.2) is 6.61 Å². The van der Waals surface area contributed by atoms with Gasteiger partial charge in [-0.1, -0.05) is 13.0 Å². The lowest BCUT2D eigenvalue weighted by Crippen LogP contribution is -2.06. The molecule has 0 fully saturated rings. The van der Waals surface area contributed by atoms with Gasteiger partial charge in [0.25, 0.3) is 0 Å². The highest BCUT2D eigenvalue weighted by atomic mass is 16.6. The highest BCUT2D eigenvalue weighted by Crippen LogP contribution is 1.73. The Balaban J connectivity index is 2.72. The molecule has 0 aliphatic carbocycles. The van der Waals surface area contributed by atoms with Gasteiger partial charge in [-0.2, -0.15) is 0 Å². The normalized spacial score (nSPS) is 10.2. The maximum absolute atomic E-state index is 4.89. The topological polar surface area (TPSA) is 21.3 Å². The smallest absolute Gasteiger partial charge is 0.0743 e. The number of rotatable bonds is 4. The standard InChI is InChI=1S/C6H13NO/c1-3-5-7-8-6-4-2/h3,5,7H,4,6H2,1-2H3/b5-3+. The third-order valence-electron chi connectivity index (χ3n) is 0.624. The van der Waals surface area contributed by atoms with Crippen molar-refractivity contribution in [3.63, 3.8) is 0 Å². The molecule has 0 aromatic rings. The molecule has 0 rings (SSSR count). The number of hydrogen-bond donors (Lipinski definition) is 1. The first-order chi connectivity index (χ1) is 3.91. The molecule has 8 heavy (non-hydrogen) atoms. The zero-order valence-electron chi connectivity index (χ0n) is 5.48. The lowest BCUT2D eigenvalue weighted by atomic mass is 10.5. The predicted octanol–water partition coefficient (Wildman–Crippen LogP) is 1.45. The van der Waals surface area contributed by atoms with Gasteiger partial charge >= 0.3 is 0 Å². The van der Waals surface area contributed by atoms with E-state index in [2.05, 4.69) is 12.4 Å². The summed E-state index contributed by atoms with van der Waals surface area (Å²) in [5.41, 5.74) is 2.66.